The Morgan fingerprint density at radius 1 is 1.10 bits per heavy atom. The minimum atomic E-state index is 0.679. The van der Waals surface area contributed by atoms with E-state index in [-0.39, 0.29) is 0 Å². The maximum atomic E-state index is 6.25. The average molecular weight is 317 g/mol. The van der Waals surface area contributed by atoms with Crippen LogP contribution in [0.2, 0.25) is 10.0 Å². The number of nitrogens with zero attached hydrogens (tertiary/aromatic N) is 1. The molecule has 106 valence electrons. The highest BCUT2D eigenvalue weighted by Gasteiger charge is 2.06. The van der Waals surface area contributed by atoms with Gasteiger partial charge in [-0.2, -0.15) is 0 Å². The second-order valence-corrected chi connectivity index (χ2v) is 5.76. The van der Waals surface area contributed by atoms with Crippen molar-refractivity contribution in [3.8, 4) is 0 Å². The van der Waals surface area contributed by atoms with Crippen molar-refractivity contribution in [1.29, 1.82) is 0 Å². The summed E-state index contributed by atoms with van der Waals surface area (Å²) in [6.45, 7) is 2.62. The first-order valence-corrected chi connectivity index (χ1v) is 7.42. The van der Waals surface area contributed by atoms with Gasteiger partial charge in [0.1, 0.15) is 0 Å². The number of halogens is 2. The van der Waals surface area contributed by atoms with Crippen LogP contribution in [0, 0.1) is 6.92 Å². The van der Waals surface area contributed by atoms with Gasteiger partial charge in [0, 0.05) is 29.3 Å². The van der Waals surface area contributed by atoms with E-state index in [0.29, 0.717) is 16.6 Å². The molecule has 0 atom stereocenters. The second-order valence-electron chi connectivity index (χ2n) is 4.95. The lowest BCUT2D eigenvalue weighted by atomic mass is 10.1. The van der Waals surface area contributed by atoms with Gasteiger partial charge < -0.3 is 5.32 Å². The zero-order chi connectivity index (χ0) is 14.8. The first-order chi connectivity index (χ1) is 10.1. The van der Waals surface area contributed by atoms with Crippen molar-refractivity contribution in [3.05, 3.63) is 70.0 Å². The van der Waals surface area contributed by atoms with Crippen LogP contribution in [-0.2, 0) is 6.54 Å². The maximum Gasteiger partial charge on any atom is 0.0641 e. The molecule has 0 bridgehead atoms. The molecule has 21 heavy (non-hydrogen) atoms. The van der Waals surface area contributed by atoms with Crippen LogP contribution in [-0.4, -0.2) is 4.98 Å². The van der Waals surface area contributed by atoms with Crippen LogP contribution in [0.5, 0.6) is 0 Å². The molecule has 0 unspecified atom stereocenters. The molecule has 1 aromatic heterocycles. The van der Waals surface area contributed by atoms with Crippen LogP contribution in [0.3, 0.4) is 0 Å². The average Bonchev–Trinajstić information content (AvgIpc) is 2.49. The van der Waals surface area contributed by atoms with Crippen LogP contribution < -0.4 is 5.32 Å². The van der Waals surface area contributed by atoms with Gasteiger partial charge in [-0.1, -0.05) is 41.4 Å². The number of rotatable bonds is 3. The first-order valence-electron chi connectivity index (χ1n) is 6.66. The quantitative estimate of drug-likeness (QED) is 0.693. The fraction of sp³-hybridized carbons (Fsp3) is 0.118. The highest BCUT2D eigenvalue weighted by molar-refractivity contribution is 6.35. The van der Waals surface area contributed by atoms with Gasteiger partial charge in [0.05, 0.1) is 10.7 Å². The molecule has 0 radical (unpaired) electrons. The molecule has 0 amide bonds. The largest absolute Gasteiger partial charge is 0.380 e. The van der Waals surface area contributed by atoms with Crippen LogP contribution in [0.1, 0.15) is 11.1 Å². The fourth-order valence-corrected chi connectivity index (χ4v) is 2.76. The number of aromatic nitrogens is 1. The summed E-state index contributed by atoms with van der Waals surface area (Å²) in [6, 6.07) is 12.0. The van der Waals surface area contributed by atoms with Crippen molar-refractivity contribution < 1.29 is 0 Å². The smallest absolute Gasteiger partial charge is 0.0641 e. The van der Waals surface area contributed by atoms with Gasteiger partial charge in [0.25, 0.3) is 0 Å². The summed E-state index contributed by atoms with van der Waals surface area (Å²) < 4.78 is 0. The van der Waals surface area contributed by atoms with E-state index >= 15 is 0 Å². The minimum absolute atomic E-state index is 0.679. The molecular formula is C17H14Cl2N2. The Kier molecular flexibility index (Phi) is 4.00. The van der Waals surface area contributed by atoms with E-state index in [4.69, 9.17) is 23.2 Å². The van der Waals surface area contributed by atoms with Gasteiger partial charge in [-0.15, -0.1) is 0 Å². The third kappa shape index (κ3) is 2.97. The molecule has 0 aliphatic heterocycles. The van der Waals surface area contributed by atoms with Crippen LogP contribution in [0.15, 0.2) is 48.8 Å². The van der Waals surface area contributed by atoms with Gasteiger partial charge in [-0.05, 0) is 41.6 Å². The number of hydrogen-bond donors (Lipinski definition) is 1. The molecule has 1 heterocycles. The fourth-order valence-electron chi connectivity index (χ4n) is 2.32. The molecule has 3 rings (SSSR count). The van der Waals surface area contributed by atoms with Crippen LogP contribution in [0.4, 0.5) is 5.69 Å². The van der Waals surface area contributed by atoms with E-state index in [1.807, 2.05) is 43.6 Å². The van der Waals surface area contributed by atoms with Gasteiger partial charge in [-0.3, -0.25) is 4.98 Å². The summed E-state index contributed by atoms with van der Waals surface area (Å²) in [5.41, 5.74) is 3.02. The van der Waals surface area contributed by atoms with Crippen LogP contribution >= 0.6 is 23.2 Å². The Hall–Kier alpha value is -1.77. The number of anilines is 1. The van der Waals surface area contributed by atoms with Gasteiger partial charge >= 0.3 is 0 Å². The van der Waals surface area contributed by atoms with Gasteiger partial charge in [0.15, 0.2) is 0 Å². The van der Waals surface area contributed by atoms with Crippen molar-refractivity contribution >= 4 is 39.7 Å². The highest BCUT2D eigenvalue weighted by atomic mass is 35.5. The molecule has 0 saturated heterocycles. The number of benzene rings is 2. The first kappa shape index (κ1) is 14.2. The lowest BCUT2D eigenvalue weighted by Crippen LogP contribution is -2.01. The summed E-state index contributed by atoms with van der Waals surface area (Å²) >= 11 is 12.4. The van der Waals surface area contributed by atoms with Crippen LogP contribution in [0.25, 0.3) is 10.8 Å². The maximum absolute atomic E-state index is 6.25. The third-order valence-corrected chi connectivity index (χ3v) is 4.21. The van der Waals surface area contributed by atoms with E-state index in [2.05, 4.69) is 22.4 Å². The Labute approximate surface area is 133 Å². The molecule has 2 aromatic carbocycles. The van der Waals surface area contributed by atoms with Crippen molar-refractivity contribution in [3.63, 3.8) is 0 Å². The predicted octanol–water partition coefficient (Wildman–Crippen LogP) is 5.46. The molecule has 0 fully saturated rings. The Morgan fingerprint density at radius 2 is 1.95 bits per heavy atom. The topological polar surface area (TPSA) is 24.9 Å². The molecule has 4 heteroatoms. The van der Waals surface area contributed by atoms with E-state index in [1.54, 1.807) is 0 Å². The summed E-state index contributed by atoms with van der Waals surface area (Å²) in [7, 11) is 0. The van der Waals surface area contributed by atoms with E-state index in [9.17, 15) is 0 Å². The summed E-state index contributed by atoms with van der Waals surface area (Å²) in [5, 5.41) is 7.06. The summed E-state index contributed by atoms with van der Waals surface area (Å²) in [5.74, 6) is 0. The molecule has 0 aliphatic carbocycles. The number of hydrogen-bond acceptors (Lipinski definition) is 2. The highest BCUT2D eigenvalue weighted by Crippen LogP contribution is 2.29. The standard InChI is InChI=1S/C17H14Cl2N2/c1-11-7-16(19)17(8-15(11)18)21-10-13-4-2-3-12-9-20-6-5-14(12)13/h2-9,21H,10H2,1H3. The lowest BCUT2D eigenvalue weighted by molar-refractivity contribution is 1.16. The Bertz CT molecular complexity index is 795. The Morgan fingerprint density at radius 3 is 2.81 bits per heavy atom. The number of pyridine rings is 1. The summed E-state index contributed by atoms with van der Waals surface area (Å²) in [6.07, 6.45) is 3.68. The molecule has 1 N–H and O–H groups in total. The van der Waals surface area contributed by atoms with E-state index < -0.39 is 0 Å². The summed E-state index contributed by atoms with van der Waals surface area (Å²) in [4.78, 5) is 4.15. The van der Waals surface area contributed by atoms with E-state index in [0.717, 1.165) is 16.6 Å². The molecule has 0 saturated carbocycles. The van der Waals surface area contributed by atoms with Crippen molar-refractivity contribution in [2.45, 2.75) is 13.5 Å². The minimum Gasteiger partial charge on any atom is -0.380 e. The molecule has 0 aliphatic rings. The normalized spacial score (nSPS) is 10.8. The number of fused-ring (bicyclic) bond motifs is 1. The lowest BCUT2D eigenvalue weighted by Gasteiger charge is -2.12. The number of aryl methyl sites for hydroxylation is 1. The zero-order valence-corrected chi connectivity index (χ0v) is 13.0. The van der Waals surface area contributed by atoms with Crippen molar-refractivity contribution in [1.82, 2.24) is 4.98 Å². The SMILES string of the molecule is Cc1cc(Cl)c(NCc2cccc3cnccc23)cc1Cl. The number of nitrogens with one attached hydrogen (secondary N) is 1. The molecule has 2 nitrogen and oxygen atoms in total. The van der Waals surface area contributed by atoms with E-state index in [1.165, 1.54) is 10.9 Å². The van der Waals surface area contributed by atoms with Crippen molar-refractivity contribution in [2.75, 3.05) is 5.32 Å². The van der Waals surface area contributed by atoms with Crippen molar-refractivity contribution in [2.24, 2.45) is 0 Å². The Balaban J connectivity index is 1.89. The van der Waals surface area contributed by atoms with Gasteiger partial charge in [-0.25, -0.2) is 0 Å². The third-order valence-electron chi connectivity index (χ3n) is 3.49. The zero-order valence-electron chi connectivity index (χ0n) is 11.5. The monoisotopic (exact) mass is 316 g/mol. The van der Waals surface area contributed by atoms with Gasteiger partial charge in [0.2, 0.25) is 0 Å². The predicted molar refractivity (Wildman–Crippen MR) is 90.3 cm³/mol. The second kappa shape index (κ2) is 5.92. The molecule has 0 spiro atoms. The molecule has 3 aromatic rings. The molecular weight excluding hydrogens is 303 g/mol.